The van der Waals surface area contributed by atoms with Crippen molar-refractivity contribution >= 4 is 11.6 Å². The van der Waals surface area contributed by atoms with E-state index in [0.29, 0.717) is 11.3 Å². The van der Waals surface area contributed by atoms with E-state index in [1.807, 2.05) is 29.7 Å². The Balaban J connectivity index is 1.80. The third kappa shape index (κ3) is 3.36. The Bertz CT molecular complexity index is 1230. The smallest absolute Gasteiger partial charge is 0.366 e. The number of halogens is 3. The highest BCUT2D eigenvalue weighted by molar-refractivity contribution is 5.93. The molecule has 160 valence electrons. The van der Waals surface area contributed by atoms with Gasteiger partial charge in [0.2, 0.25) is 5.91 Å². The zero-order valence-electron chi connectivity index (χ0n) is 16.4. The van der Waals surface area contributed by atoms with Crippen molar-refractivity contribution in [2.45, 2.75) is 24.9 Å². The van der Waals surface area contributed by atoms with Crippen LogP contribution in [-0.2, 0) is 10.2 Å². The van der Waals surface area contributed by atoms with E-state index in [1.54, 1.807) is 11.7 Å². The maximum absolute atomic E-state index is 14.4. The number of carbonyl (C=O) groups is 1. The van der Waals surface area contributed by atoms with Crippen LogP contribution in [0.15, 0.2) is 72.2 Å². The van der Waals surface area contributed by atoms with Crippen LogP contribution < -0.4 is 11.2 Å². The number of allylic oxidation sites excluding steroid dienone is 3. The zero-order valence-corrected chi connectivity index (χ0v) is 16.4. The Morgan fingerprint density at radius 3 is 2.48 bits per heavy atom. The van der Waals surface area contributed by atoms with Gasteiger partial charge in [0, 0.05) is 30.0 Å². The van der Waals surface area contributed by atoms with E-state index in [2.05, 4.69) is 4.98 Å². The molecule has 31 heavy (non-hydrogen) atoms. The number of nitrogens with one attached hydrogen (secondary N) is 1. The second-order valence-corrected chi connectivity index (χ2v) is 7.50. The SMILES string of the molecule is Cc1ccc2nc(-c3ccc(C4(C(F)(F)F)CC(C(N)=O)=CC=C4NO)cc3)cn2c1. The Morgan fingerprint density at radius 1 is 1.16 bits per heavy atom. The lowest BCUT2D eigenvalue weighted by Gasteiger charge is -2.39. The average molecular weight is 428 g/mol. The molecule has 0 bridgehead atoms. The lowest BCUT2D eigenvalue weighted by Crippen LogP contribution is -2.49. The highest BCUT2D eigenvalue weighted by Crippen LogP contribution is 2.51. The number of hydroxylamine groups is 1. The summed E-state index contributed by atoms with van der Waals surface area (Å²) < 4.78 is 45.0. The third-order valence-electron chi connectivity index (χ3n) is 5.56. The van der Waals surface area contributed by atoms with Gasteiger partial charge in [-0.15, -0.1) is 0 Å². The molecule has 3 aromatic rings. The van der Waals surface area contributed by atoms with Gasteiger partial charge in [-0.25, -0.2) is 4.98 Å². The molecule has 2 heterocycles. The second-order valence-electron chi connectivity index (χ2n) is 7.50. The molecule has 0 aliphatic heterocycles. The van der Waals surface area contributed by atoms with Gasteiger partial charge in [0.15, 0.2) is 0 Å². The van der Waals surface area contributed by atoms with E-state index < -0.39 is 29.6 Å². The van der Waals surface area contributed by atoms with Gasteiger partial charge in [0.05, 0.1) is 11.4 Å². The van der Waals surface area contributed by atoms with Gasteiger partial charge in [0.1, 0.15) is 11.1 Å². The van der Waals surface area contributed by atoms with E-state index >= 15 is 0 Å². The summed E-state index contributed by atoms with van der Waals surface area (Å²) in [6.45, 7) is 1.95. The summed E-state index contributed by atoms with van der Waals surface area (Å²) in [5, 5.41) is 9.44. The van der Waals surface area contributed by atoms with Gasteiger partial charge >= 0.3 is 6.18 Å². The van der Waals surface area contributed by atoms with Crippen LogP contribution in [0.1, 0.15) is 17.5 Å². The summed E-state index contributed by atoms with van der Waals surface area (Å²) >= 11 is 0. The number of nitrogens with zero attached hydrogens (tertiary/aromatic N) is 2. The number of amides is 1. The molecule has 1 aliphatic rings. The summed E-state index contributed by atoms with van der Waals surface area (Å²) in [5.41, 5.74) is 6.46. The number of pyridine rings is 1. The van der Waals surface area contributed by atoms with Gasteiger partial charge in [-0.1, -0.05) is 36.4 Å². The Labute approximate surface area is 175 Å². The van der Waals surface area contributed by atoms with Crippen molar-refractivity contribution in [1.29, 1.82) is 0 Å². The quantitative estimate of drug-likeness (QED) is 0.552. The van der Waals surface area contributed by atoms with Gasteiger partial charge in [-0.3, -0.25) is 15.5 Å². The minimum absolute atomic E-state index is 0.136. The Morgan fingerprint density at radius 2 is 1.87 bits per heavy atom. The highest BCUT2D eigenvalue weighted by Gasteiger charge is 2.59. The standard InChI is InChI=1S/C22H19F3N4O2/c1-13-2-9-19-27-17(12-29(19)11-13)14-3-6-16(7-4-14)21(22(23,24)25)10-15(20(26)30)5-8-18(21)28-31/h2-9,11-12,28,31H,10H2,1H3,(H2,26,30). The van der Waals surface area contributed by atoms with Crippen molar-refractivity contribution in [3.8, 4) is 11.3 Å². The number of hydrogen-bond donors (Lipinski definition) is 3. The van der Waals surface area contributed by atoms with Crippen LogP contribution >= 0.6 is 0 Å². The molecule has 1 aliphatic carbocycles. The third-order valence-corrected chi connectivity index (χ3v) is 5.56. The molecule has 0 radical (unpaired) electrons. The first-order valence-electron chi connectivity index (χ1n) is 9.40. The molecule has 1 unspecified atom stereocenters. The Hall–Kier alpha value is -3.59. The predicted octanol–water partition coefficient (Wildman–Crippen LogP) is 3.79. The molecule has 6 nitrogen and oxygen atoms in total. The summed E-state index contributed by atoms with van der Waals surface area (Å²) in [6, 6.07) is 9.50. The monoisotopic (exact) mass is 428 g/mol. The lowest BCUT2D eigenvalue weighted by molar-refractivity contribution is -0.184. The van der Waals surface area contributed by atoms with Crippen LogP contribution in [0.3, 0.4) is 0 Å². The largest absolute Gasteiger partial charge is 0.404 e. The van der Waals surface area contributed by atoms with E-state index in [-0.39, 0.29) is 11.1 Å². The number of imidazole rings is 1. The maximum atomic E-state index is 14.4. The van der Waals surface area contributed by atoms with Crippen molar-refractivity contribution in [3.63, 3.8) is 0 Å². The summed E-state index contributed by atoms with van der Waals surface area (Å²) in [6.07, 6.45) is 0.367. The molecule has 2 aromatic heterocycles. The molecule has 4 rings (SSSR count). The number of aromatic nitrogens is 2. The minimum atomic E-state index is -4.81. The highest BCUT2D eigenvalue weighted by atomic mass is 19.4. The van der Waals surface area contributed by atoms with E-state index in [4.69, 9.17) is 5.73 Å². The molecule has 9 heteroatoms. The Kier molecular flexibility index (Phi) is 4.85. The summed E-state index contributed by atoms with van der Waals surface area (Å²) in [5.74, 6) is -0.946. The predicted molar refractivity (Wildman–Crippen MR) is 108 cm³/mol. The zero-order chi connectivity index (χ0) is 22.4. The molecule has 0 fully saturated rings. The first-order valence-corrected chi connectivity index (χ1v) is 9.40. The number of hydrogen-bond acceptors (Lipinski definition) is 4. The van der Waals surface area contributed by atoms with Crippen molar-refractivity contribution in [1.82, 2.24) is 14.9 Å². The number of carbonyl (C=O) groups excluding carboxylic acids is 1. The van der Waals surface area contributed by atoms with Gasteiger partial charge in [-0.2, -0.15) is 13.2 Å². The molecular formula is C22H19F3N4O2. The van der Waals surface area contributed by atoms with Crippen molar-refractivity contribution in [2.24, 2.45) is 5.73 Å². The fraction of sp³-hybridized carbons (Fsp3) is 0.182. The molecule has 0 saturated carbocycles. The van der Waals surface area contributed by atoms with Gasteiger partial charge < -0.3 is 10.1 Å². The van der Waals surface area contributed by atoms with Crippen LogP contribution in [0.25, 0.3) is 16.9 Å². The van der Waals surface area contributed by atoms with E-state index in [0.717, 1.165) is 17.3 Å². The number of rotatable bonds is 4. The van der Waals surface area contributed by atoms with Crippen molar-refractivity contribution in [3.05, 3.63) is 83.3 Å². The molecule has 1 atom stereocenters. The van der Waals surface area contributed by atoms with Crippen molar-refractivity contribution < 1.29 is 23.2 Å². The number of fused-ring (bicyclic) bond motifs is 1. The van der Waals surface area contributed by atoms with Crippen LogP contribution in [0.4, 0.5) is 13.2 Å². The van der Waals surface area contributed by atoms with E-state index in [9.17, 15) is 23.2 Å². The molecule has 1 amide bonds. The molecular weight excluding hydrogens is 409 g/mol. The molecule has 1 aromatic carbocycles. The van der Waals surface area contributed by atoms with Crippen LogP contribution in [-0.4, -0.2) is 26.7 Å². The normalized spacial score (nSPS) is 19.1. The number of nitrogens with two attached hydrogens (primary N) is 1. The van der Waals surface area contributed by atoms with Crippen LogP contribution in [0.2, 0.25) is 0 Å². The lowest BCUT2D eigenvalue weighted by atomic mass is 9.69. The van der Waals surface area contributed by atoms with E-state index in [1.165, 1.54) is 30.3 Å². The summed E-state index contributed by atoms with van der Waals surface area (Å²) in [4.78, 5) is 16.1. The first kappa shape index (κ1) is 20.7. The fourth-order valence-corrected chi connectivity index (χ4v) is 3.91. The molecule has 4 N–H and O–H groups in total. The van der Waals surface area contributed by atoms with Crippen LogP contribution in [0, 0.1) is 6.92 Å². The summed E-state index contributed by atoms with van der Waals surface area (Å²) in [7, 11) is 0. The molecule has 0 spiro atoms. The fourth-order valence-electron chi connectivity index (χ4n) is 3.91. The minimum Gasteiger partial charge on any atom is -0.366 e. The number of primary amides is 1. The van der Waals surface area contributed by atoms with Gasteiger partial charge in [-0.05, 0) is 30.2 Å². The topological polar surface area (TPSA) is 92.6 Å². The average Bonchev–Trinajstić information content (AvgIpc) is 3.15. The van der Waals surface area contributed by atoms with Crippen LogP contribution in [0.5, 0.6) is 0 Å². The first-order chi connectivity index (χ1) is 14.7. The number of benzene rings is 1. The van der Waals surface area contributed by atoms with Crippen molar-refractivity contribution in [2.75, 3.05) is 0 Å². The molecule has 0 saturated heterocycles. The van der Waals surface area contributed by atoms with Gasteiger partial charge in [0.25, 0.3) is 0 Å². The second kappa shape index (κ2) is 7.28. The number of alkyl halides is 3. The maximum Gasteiger partial charge on any atom is 0.404 e. The number of aryl methyl sites for hydroxylation is 1.